The fourth-order valence-corrected chi connectivity index (χ4v) is 4.87. The van der Waals surface area contributed by atoms with E-state index in [0.717, 1.165) is 63.4 Å². The van der Waals surface area contributed by atoms with Gasteiger partial charge in [0.25, 0.3) is 0 Å². The molecule has 0 spiro atoms. The van der Waals surface area contributed by atoms with Crippen LogP contribution in [0.1, 0.15) is 51.0 Å². The summed E-state index contributed by atoms with van der Waals surface area (Å²) in [7, 11) is 0. The molecule has 0 amide bonds. The average molecular weight is 412 g/mol. The number of carbonyl (C=O) groups is 1. The van der Waals surface area contributed by atoms with Gasteiger partial charge in [0.2, 0.25) is 0 Å². The number of aliphatic carboxylic acids is 1. The summed E-state index contributed by atoms with van der Waals surface area (Å²) < 4.78 is 6.17. The summed E-state index contributed by atoms with van der Waals surface area (Å²) in [6.45, 7) is 6.33. The minimum atomic E-state index is -0.629. The molecule has 2 N–H and O–H groups in total. The fraction of sp³-hybridized carbons (Fsp3) is 0.667. The number of likely N-dealkylation sites (tertiary alicyclic amines) is 1. The lowest BCUT2D eigenvalue weighted by molar-refractivity contribution is -0.156. The Morgan fingerprint density at radius 1 is 1.33 bits per heavy atom. The van der Waals surface area contributed by atoms with Gasteiger partial charge >= 0.3 is 5.97 Å². The average Bonchev–Trinajstić information content (AvgIpc) is 3.44. The van der Waals surface area contributed by atoms with Crippen molar-refractivity contribution >= 4 is 5.97 Å². The second-order valence-electron chi connectivity index (χ2n) is 9.84. The van der Waals surface area contributed by atoms with E-state index < -0.39 is 11.4 Å². The molecule has 1 saturated heterocycles. The highest BCUT2D eigenvalue weighted by molar-refractivity contribution is 5.76. The Bertz CT molecular complexity index is 806. The summed E-state index contributed by atoms with van der Waals surface area (Å²) in [5, 5.41) is 22.5. The summed E-state index contributed by atoms with van der Waals surface area (Å²) in [4.78, 5) is 14.1. The third kappa shape index (κ3) is 4.63. The Morgan fingerprint density at radius 3 is 2.63 bits per heavy atom. The van der Waals surface area contributed by atoms with E-state index in [1.54, 1.807) is 12.1 Å². The monoisotopic (exact) mass is 411 g/mol. The van der Waals surface area contributed by atoms with Crippen LogP contribution in [-0.2, 0) is 4.79 Å². The van der Waals surface area contributed by atoms with Gasteiger partial charge in [-0.1, -0.05) is 19.4 Å². The first kappa shape index (κ1) is 21.1. The SMILES string of the molecule is CC1CC1NCC1(COc2cccc(C#N)c2)CCN(CC2(C(=O)O)CCC2)CC1. The number of rotatable bonds is 9. The maximum Gasteiger partial charge on any atom is 0.310 e. The number of piperidine rings is 1. The number of hydrogen-bond donors (Lipinski definition) is 2. The van der Waals surface area contributed by atoms with Crippen LogP contribution in [0.5, 0.6) is 5.75 Å². The summed E-state index contributed by atoms with van der Waals surface area (Å²) in [6, 6.07) is 10.1. The molecule has 0 bridgehead atoms. The molecule has 1 aromatic carbocycles. The molecule has 2 aliphatic carbocycles. The lowest BCUT2D eigenvalue weighted by Gasteiger charge is -2.46. The molecule has 1 aliphatic heterocycles. The van der Waals surface area contributed by atoms with Crippen LogP contribution < -0.4 is 10.1 Å². The quantitative estimate of drug-likeness (QED) is 0.649. The van der Waals surface area contributed by atoms with Crippen molar-refractivity contribution in [3.63, 3.8) is 0 Å². The zero-order valence-electron chi connectivity index (χ0n) is 17.9. The van der Waals surface area contributed by atoms with E-state index in [4.69, 9.17) is 10.00 Å². The molecule has 1 aromatic rings. The Balaban J connectivity index is 1.37. The largest absolute Gasteiger partial charge is 0.493 e. The molecule has 0 radical (unpaired) electrons. The second kappa shape index (κ2) is 8.56. The molecule has 2 atom stereocenters. The van der Waals surface area contributed by atoms with Crippen LogP contribution >= 0.6 is 0 Å². The molecule has 6 nitrogen and oxygen atoms in total. The predicted octanol–water partition coefficient (Wildman–Crippen LogP) is 3.27. The third-order valence-corrected chi connectivity index (χ3v) is 7.56. The zero-order chi connectivity index (χ0) is 21.2. The maximum atomic E-state index is 11.8. The first-order chi connectivity index (χ1) is 14.4. The van der Waals surface area contributed by atoms with Crippen molar-refractivity contribution < 1.29 is 14.6 Å². The van der Waals surface area contributed by atoms with Gasteiger partial charge < -0.3 is 20.1 Å². The molecule has 1 heterocycles. The second-order valence-corrected chi connectivity index (χ2v) is 9.84. The fourth-order valence-electron chi connectivity index (χ4n) is 4.87. The molecule has 162 valence electrons. The molecule has 3 aliphatic rings. The number of nitrogens with one attached hydrogen (secondary N) is 1. The van der Waals surface area contributed by atoms with Crippen molar-refractivity contribution in [1.29, 1.82) is 5.26 Å². The van der Waals surface area contributed by atoms with Crippen molar-refractivity contribution in [2.75, 3.05) is 32.8 Å². The van der Waals surface area contributed by atoms with Gasteiger partial charge in [-0.05, 0) is 69.3 Å². The van der Waals surface area contributed by atoms with Gasteiger partial charge in [0.1, 0.15) is 5.75 Å². The molecular formula is C24H33N3O3. The van der Waals surface area contributed by atoms with Gasteiger partial charge in [-0.3, -0.25) is 4.79 Å². The van der Waals surface area contributed by atoms with E-state index in [1.165, 1.54) is 6.42 Å². The van der Waals surface area contributed by atoms with E-state index in [1.807, 2.05) is 12.1 Å². The Morgan fingerprint density at radius 2 is 2.07 bits per heavy atom. The maximum absolute atomic E-state index is 11.8. The van der Waals surface area contributed by atoms with Crippen molar-refractivity contribution in [3.8, 4) is 11.8 Å². The minimum absolute atomic E-state index is 0.0391. The van der Waals surface area contributed by atoms with E-state index >= 15 is 0 Å². The summed E-state index contributed by atoms with van der Waals surface area (Å²) in [6.07, 6.45) is 5.88. The molecule has 0 aromatic heterocycles. The van der Waals surface area contributed by atoms with E-state index in [0.29, 0.717) is 24.8 Å². The van der Waals surface area contributed by atoms with Crippen molar-refractivity contribution in [2.24, 2.45) is 16.7 Å². The number of nitriles is 1. The van der Waals surface area contributed by atoms with Crippen LogP contribution in [0.4, 0.5) is 0 Å². The van der Waals surface area contributed by atoms with Gasteiger partial charge in [-0.15, -0.1) is 0 Å². The van der Waals surface area contributed by atoms with Gasteiger partial charge in [0.05, 0.1) is 23.7 Å². The molecule has 2 saturated carbocycles. The van der Waals surface area contributed by atoms with Gasteiger partial charge in [0.15, 0.2) is 0 Å². The lowest BCUT2D eigenvalue weighted by Crippen LogP contribution is -2.53. The molecule has 6 heteroatoms. The topological polar surface area (TPSA) is 85.6 Å². The number of benzene rings is 1. The number of ether oxygens (including phenoxy) is 1. The van der Waals surface area contributed by atoms with Crippen LogP contribution in [0, 0.1) is 28.1 Å². The van der Waals surface area contributed by atoms with Crippen molar-refractivity contribution in [3.05, 3.63) is 29.8 Å². The number of hydrogen-bond acceptors (Lipinski definition) is 5. The van der Waals surface area contributed by atoms with Crippen molar-refractivity contribution in [2.45, 2.75) is 51.5 Å². The zero-order valence-corrected chi connectivity index (χ0v) is 17.9. The summed E-state index contributed by atoms with van der Waals surface area (Å²) >= 11 is 0. The molecule has 30 heavy (non-hydrogen) atoms. The van der Waals surface area contributed by atoms with E-state index in [9.17, 15) is 9.90 Å². The minimum Gasteiger partial charge on any atom is -0.493 e. The molecule has 3 fully saturated rings. The smallest absolute Gasteiger partial charge is 0.310 e. The highest BCUT2D eigenvalue weighted by atomic mass is 16.5. The van der Waals surface area contributed by atoms with Crippen LogP contribution in [0.15, 0.2) is 24.3 Å². The number of carboxylic acids is 1. The van der Waals surface area contributed by atoms with E-state index in [2.05, 4.69) is 23.2 Å². The van der Waals surface area contributed by atoms with E-state index in [-0.39, 0.29) is 5.41 Å². The van der Waals surface area contributed by atoms with Crippen molar-refractivity contribution in [1.82, 2.24) is 10.2 Å². The standard InChI is InChI=1S/C24H33N3O3/c1-18-12-21(18)26-15-23(17-30-20-5-2-4-19(13-20)14-25)8-10-27(11-9-23)16-24(22(28)29)6-3-7-24/h2,4-5,13,18,21,26H,3,6-12,15-17H2,1H3,(H,28,29). The first-order valence-corrected chi connectivity index (χ1v) is 11.3. The summed E-state index contributed by atoms with van der Waals surface area (Å²) in [5.74, 6) is 0.870. The Hall–Kier alpha value is -2.10. The summed E-state index contributed by atoms with van der Waals surface area (Å²) in [5.41, 5.74) is 0.133. The van der Waals surface area contributed by atoms with Gasteiger partial charge in [-0.2, -0.15) is 5.26 Å². The van der Waals surface area contributed by atoms with Crippen LogP contribution in [-0.4, -0.2) is 54.8 Å². The normalized spacial score (nSPS) is 26.9. The lowest BCUT2D eigenvalue weighted by atomic mass is 9.68. The van der Waals surface area contributed by atoms with Crippen LogP contribution in [0.3, 0.4) is 0 Å². The highest BCUT2D eigenvalue weighted by Gasteiger charge is 2.47. The Kier molecular flexibility index (Phi) is 6.04. The molecule has 2 unspecified atom stereocenters. The number of carboxylic acid groups (broad SMARTS) is 1. The van der Waals surface area contributed by atoms with Crippen LogP contribution in [0.25, 0.3) is 0 Å². The predicted molar refractivity (Wildman–Crippen MR) is 114 cm³/mol. The van der Waals surface area contributed by atoms with Gasteiger partial charge in [-0.25, -0.2) is 0 Å². The molecular weight excluding hydrogens is 378 g/mol. The number of nitrogens with zero attached hydrogens (tertiary/aromatic N) is 2. The highest BCUT2D eigenvalue weighted by Crippen LogP contribution is 2.43. The first-order valence-electron chi connectivity index (χ1n) is 11.3. The third-order valence-electron chi connectivity index (χ3n) is 7.56. The van der Waals surface area contributed by atoms with Crippen LogP contribution in [0.2, 0.25) is 0 Å². The Labute approximate surface area is 179 Å². The molecule has 4 rings (SSSR count). The van der Waals surface area contributed by atoms with Gasteiger partial charge in [0, 0.05) is 24.5 Å².